The van der Waals surface area contributed by atoms with Gasteiger partial charge in [-0.15, -0.1) is 0 Å². The van der Waals surface area contributed by atoms with Gasteiger partial charge in [-0.05, 0) is 19.1 Å². The molecule has 0 N–H and O–H groups in total. The standard InChI is InChI=1S/C15H17F2N3O2/c1-10-8-14(22-18-10)15(21)20-6-4-19(5-7-20)13-3-2-11(16)9-12(13)17/h2-3,9,14H,4-8H2,1H3/t14-/m0/s1. The van der Waals surface area contributed by atoms with E-state index >= 15 is 0 Å². The second-order valence-electron chi connectivity index (χ2n) is 5.53. The lowest BCUT2D eigenvalue weighted by atomic mass is 10.1. The lowest BCUT2D eigenvalue weighted by Gasteiger charge is -2.36. The van der Waals surface area contributed by atoms with Crippen molar-refractivity contribution < 1.29 is 18.4 Å². The third-order valence-electron chi connectivity index (χ3n) is 3.93. The van der Waals surface area contributed by atoms with Crippen molar-refractivity contribution in [3.8, 4) is 0 Å². The van der Waals surface area contributed by atoms with Crippen molar-refractivity contribution in [2.45, 2.75) is 19.4 Å². The van der Waals surface area contributed by atoms with E-state index in [4.69, 9.17) is 4.84 Å². The molecule has 118 valence electrons. The fourth-order valence-electron chi connectivity index (χ4n) is 2.74. The van der Waals surface area contributed by atoms with Gasteiger partial charge in [-0.3, -0.25) is 4.79 Å². The van der Waals surface area contributed by atoms with Gasteiger partial charge < -0.3 is 14.6 Å². The maximum atomic E-state index is 13.8. The first-order valence-corrected chi connectivity index (χ1v) is 7.22. The summed E-state index contributed by atoms with van der Waals surface area (Å²) in [7, 11) is 0. The van der Waals surface area contributed by atoms with Gasteiger partial charge in [0.2, 0.25) is 6.10 Å². The Morgan fingerprint density at radius 3 is 2.59 bits per heavy atom. The summed E-state index contributed by atoms with van der Waals surface area (Å²) in [5.74, 6) is -1.26. The zero-order chi connectivity index (χ0) is 15.7. The highest BCUT2D eigenvalue weighted by molar-refractivity contribution is 5.91. The topological polar surface area (TPSA) is 45.1 Å². The summed E-state index contributed by atoms with van der Waals surface area (Å²) in [6.45, 7) is 3.79. The number of rotatable bonds is 2. The van der Waals surface area contributed by atoms with Gasteiger partial charge in [0, 0.05) is 38.7 Å². The first kappa shape index (κ1) is 14.7. The molecule has 7 heteroatoms. The van der Waals surface area contributed by atoms with E-state index in [0.29, 0.717) is 38.3 Å². The van der Waals surface area contributed by atoms with Crippen molar-refractivity contribution in [3.63, 3.8) is 0 Å². The molecule has 2 aliphatic rings. The Morgan fingerprint density at radius 1 is 1.27 bits per heavy atom. The molecule has 0 radical (unpaired) electrons. The molecule has 0 spiro atoms. The molecule has 0 aromatic heterocycles. The molecular weight excluding hydrogens is 292 g/mol. The van der Waals surface area contributed by atoms with Gasteiger partial charge in [0.05, 0.1) is 11.4 Å². The van der Waals surface area contributed by atoms with E-state index < -0.39 is 17.7 Å². The van der Waals surface area contributed by atoms with Gasteiger partial charge >= 0.3 is 0 Å². The van der Waals surface area contributed by atoms with Crippen molar-refractivity contribution in [2.75, 3.05) is 31.1 Å². The summed E-state index contributed by atoms with van der Waals surface area (Å²) >= 11 is 0. The fourth-order valence-corrected chi connectivity index (χ4v) is 2.74. The van der Waals surface area contributed by atoms with Crippen LogP contribution >= 0.6 is 0 Å². The second kappa shape index (κ2) is 5.90. The molecule has 2 heterocycles. The molecule has 1 aromatic rings. The van der Waals surface area contributed by atoms with Crippen LogP contribution in [0.25, 0.3) is 0 Å². The Bertz CT molecular complexity index is 613. The summed E-state index contributed by atoms with van der Waals surface area (Å²) in [6, 6.07) is 3.54. The van der Waals surface area contributed by atoms with E-state index in [1.807, 2.05) is 11.8 Å². The van der Waals surface area contributed by atoms with Crippen molar-refractivity contribution in [3.05, 3.63) is 29.8 Å². The summed E-state index contributed by atoms with van der Waals surface area (Å²) in [5, 5.41) is 3.79. The number of oxime groups is 1. The zero-order valence-electron chi connectivity index (χ0n) is 12.3. The number of hydrogen-bond donors (Lipinski definition) is 0. The maximum absolute atomic E-state index is 13.8. The quantitative estimate of drug-likeness (QED) is 0.836. The van der Waals surface area contributed by atoms with Crippen molar-refractivity contribution in [1.82, 2.24) is 4.90 Å². The molecule has 1 atom stereocenters. The van der Waals surface area contributed by atoms with Crippen LogP contribution in [0.4, 0.5) is 14.5 Å². The zero-order valence-corrected chi connectivity index (χ0v) is 12.3. The molecule has 22 heavy (non-hydrogen) atoms. The average Bonchev–Trinajstić information content (AvgIpc) is 2.93. The van der Waals surface area contributed by atoms with E-state index in [0.717, 1.165) is 11.8 Å². The second-order valence-corrected chi connectivity index (χ2v) is 5.53. The molecule has 0 unspecified atom stereocenters. The molecule has 0 bridgehead atoms. The fraction of sp³-hybridized carbons (Fsp3) is 0.467. The van der Waals surface area contributed by atoms with Crippen molar-refractivity contribution in [2.24, 2.45) is 5.16 Å². The van der Waals surface area contributed by atoms with Gasteiger partial charge in [0.25, 0.3) is 5.91 Å². The van der Waals surface area contributed by atoms with Gasteiger partial charge in [0.15, 0.2) is 0 Å². The molecule has 1 fully saturated rings. The molecule has 1 amide bonds. The third kappa shape index (κ3) is 2.88. The van der Waals surface area contributed by atoms with Gasteiger partial charge in [-0.1, -0.05) is 5.16 Å². The molecular formula is C15H17F2N3O2. The predicted octanol–water partition coefficient (Wildman–Crippen LogP) is 1.78. The van der Waals surface area contributed by atoms with Crippen LogP contribution in [0.15, 0.2) is 23.4 Å². The van der Waals surface area contributed by atoms with Crippen LogP contribution in [0.5, 0.6) is 0 Å². The molecule has 5 nitrogen and oxygen atoms in total. The average molecular weight is 309 g/mol. The summed E-state index contributed by atoms with van der Waals surface area (Å²) in [6.07, 6.45) is -0.0138. The lowest BCUT2D eigenvalue weighted by Crippen LogP contribution is -2.51. The number of benzene rings is 1. The van der Waals surface area contributed by atoms with Crippen LogP contribution in [0, 0.1) is 11.6 Å². The van der Waals surface area contributed by atoms with Gasteiger partial charge in [0.1, 0.15) is 11.6 Å². The summed E-state index contributed by atoms with van der Waals surface area (Å²) < 4.78 is 26.7. The number of anilines is 1. The Labute approximate surface area is 127 Å². The summed E-state index contributed by atoms with van der Waals surface area (Å²) in [4.78, 5) is 20.9. The minimum Gasteiger partial charge on any atom is -0.382 e. The Kier molecular flexibility index (Phi) is 3.96. The van der Waals surface area contributed by atoms with Crippen molar-refractivity contribution in [1.29, 1.82) is 0 Å². The number of halogens is 2. The van der Waals surface area contributed by atoms with E-state index in [1.54, 1.807) is 4.90 Å². The molecule has 3 rings (SSSR count). The first-order chi connectivity index (χ1) is 10.5. The molecule has 0 aliphatic carbocycles. The van der Waals surface area contributed by atoms with Crippen LogP contribution in [-0.2, 0) is 9.63 Å². The minimum absolute atomic E-state index is 0.0835. The van der Waals surface area contributed by atoms with Crippen LogP contribution < -0.4 is 4.90 Å². The monoisotopic (exact) mass is 309 g/mol. The number of carbonyl (C=O) groups excluding carboxylic acids is 1. The normalized spacial score (nSPS) is 21.6. The molecule has 1 saturated heterocycles. The number of nitrogens with zero attached hydrogens (tertiary/aromatic N) is 3. The molecule has 1 aromatic carbocycles. The van der Waals surface area contributed by atoms with Gasteiger partial charge in [-0.2, -0.15) is 0 Å². The van der Waals surface area contributed by atoms with Crippen LogP contribution in [0.2, 0.25) is 0 Å². The number of carbonyl (C=O) groups is 1. The molecule has 0 saturated carbocycles. The largest absolute Gasteiger partial charge is 0.382 e. The number of amides is 1. The van der Waals surface area contributed by atoms with E-state index in [2.05, 4.69) is 5.16 Å². The highest BCUT2D eigenvalue weighted by atomic mass is 19.1. The third-order valence-corrected chi connectivity index (χ3v) is 3.93. The van der Waals surface area contributed by atoms with Crippen LogP contribution in [0.3, 0.4) is 0 Å². The van der Waals surface area contributed by atoms with Crippen molar-refractivity contribution >= 4 is 17.3 Å². The smallest absolute Gasteiger partial charge is 0.267 e. The van der Waals surface area contributed by atoms with E-state index in [-0.39, 0.29) is 5.91 Å². The Morgan fingerprint density at radius 2 is 2.00 bits per heavy atom. The highest BCUT2D eigenvalue weighted by Gasteiger charge is 2.32. The Balaban J connectivity index is 1.59. The number of piperazine rings is 1. The van der Waals surface area contributed by atoms with Crippen LogP contribution in [-0.4, -0.2) is 48.8 Å². The maximum Gasteiger partial charge on any atom is 0.267 e. The minimum atomic E-state index is -0.594. The van der Waals surface area contributed by atoms with E-state index in [9.17, 15) is 13.6 Å². The van der Waals surface area contributed by atoms with Crippen LogP contribution in [0.1, 0.15) is 13.3 Å². The van der Waals surface area contributed by atoms with E-state index in [1.165, 1.54) is 12.1 Å². The first-order valence-electron chi connectivity index (χ1n) is 7.22. The lowest BCUT2D eigenvalue weighted by molar-refractivity contribution is -0.142. The Hall–Kier alpha value is -2.18. The summed E-state index contributed by atoms with van der Waals surface area (Å²) in [5.41, 5.74) is 1.18. The highest BCUT2D eigenvalue weighted by Crippen LogP contribution is 2.22. The predicted molar refractivity (Wildman–Crippen MR) is 77.8 cm³/mol. The SMILES string of the molecule is CC1=NO[C@H](C(=O)N2CCN(c3ccc(F)cc3F)CC2)C1. The number of hydrogen-bond acceptors (Lipinski definition) is 4. The molecule has 2 aliphatic heterocycles. The van der Waals surface area contributed by atoms with Gasteiger partial charge in [-0.25, -0.2) is 8.78 Å².